The lowest BCUT2D eigenvalue weighted by atomic mass is 9.96. The molecule has 0 aromatic carbocycles. The third-order valence-corrected chi connectivity index (χ3v) is 5.28. The molecule has 144 valence electrons. The number of hydrogen-bond acceptors (Lipinski definition) is 2. The molecule has 0 fully saturated rings. The maximum atomic E-state index is 11.1. The Morgan fingerprint density at radius 1 is 0.708 bits per heavy atom. The summed E-state index contributed by atoms with van der Waals surface area (Å²) in [5, 5.41) is 9.18. The molecule has 0 aliphatic heterocycles. The Labute approximate surface area is 156 Å². The lowest BCUT2D eigenvalue weighted by Gasteiger charge is -2.11. The van der Waals surface area contributed by atoms with Gasteiger partial charge in [0.05, 0.1) is 5.92 Å². The van der Waals surface area contributed by atoms with Gasteiger partial charge in [-0.05, 0) is 25.0 Å². The van der Waals surface area contributed by atoms with Crippen LogP contribution in [-0.4, -0.2) is 16.8 Å². The fourth-order valence-electron chi connectivity index (χ4n) is 3.31. The van der Waals surface area contributed by atoms with Gasteiger partial charge in [-0.25, -0.2) is 0 Å². The Hall–Kier alpha value is -0.180. The van der Waals surface area contributed by atoms with Crippen LogP contribution in [0.25, 0.3) is 0 Å². The molecule has 0 saturated heterocycles. The van der Waals surface area contributed by atoms with E-state index in [4.69, 9.17) is 0 Å². The van der Waals surface area contributed by atoms with E-state index in [1.54, 1.807) is 0 Å². The topological polar surface area (TPSA) is 37.3 Å². The molecule has 0 spiro atoms. The molecule has 0 aromatic heterocycles. The van der Waals surface area contributed by atoms with Crippen molar-refractivity contribution in [2.24, 2.45) is 5.92 Å². The summed E-state index contributed by atoms with van der Waals surface area (Å²) in [6.45, 7) is 2.27. The van der Waals surface area contributed by atoms with Crippen LogP contribution in [0.4, 0.5) is 0 Å². The van der Waals surface area contributed by atoms with Gasteiger partial charge in [0.15, 0.2) is 0 Å². The zero-order valence-electron chi connectivity index (χ0n) is 16.1. The molecule has 3 heteroatoms. The lowest BCUT2D eigenvalue weighted by molar-refractivity contribution is -0.142. The second kappa shape index (κ2) is 19.1. The SMILES string of the molecule is CCCCCCCCCCCCCCCCC(CCCS)C(=O)O. The maximum Gasteiger partial charge on any atom is 0.306 e. The zero-order chi connectivity index (χ0) is 17.9. The van der Waals surface area contributed by atoms with Crippen LogP contribution in [-0.2, 0) is 4.79 Å². The zero-order valence-corrected chi connectivity index (χ0v) is 17.0. The Bertz CT molecular complexity index is 269. The summed E-state index contributed by atoms with van der Waals surface area (Å²) < 4.78 is 0. The van der Waals surface area contributed by atoms with Crippen molar-refractivity contribution in [1.82, 2.24) is 0 Å². The molecule has 2 nitrogen and oxygen atoms in total. The van der Waals surface area contributed by atoms with Gasteiger partial charge >= 0.3 is 5.97 Å². The van der Waals surface area contributed by atoms with Crippen molar-refractivity contribution < 1.29 is 9.90 Å². The predicted octanol–water partition coefficient (Wildman–Crippen LogP) is 7.27. The van der Waals surface area contributed by atoms with Crippen molar-refractivity contribution in [3.05, 3.63) is 0 Å². The monoisotopic (exact) mass is 358 g/mol. The smallest absolute Gasteiger partial charge is 0.306 e. The van der Waals surface area contributed by atoms with Gasteiger partial charge in [0.1, 0.15) is 0 Å². The average molecular weight is 359 g/mol. The van der Waals surface area contributed by atoms with Gasteiger partial charge in [-0.1, -0.05) is 96.8 Å². The molecule has 0 radical (unpaired) electrons. The molecule has 0 heterocycles. The Balaban J connectivity index is 3.25. The second-order valence-electron chi connectivity index (χ2n) is 7.29. The molecule has 1 atom stereocenters. The molecule has 1 N–H and O–H groups in total. The average Bonchev–Trinajstić information content (AvgIpc) is 2.57. The highest BCUT2D eigenvalue weighted by molar-refractivity contribution is 7.80. The van der Waals surface area contributed by atoms with Gasteiger partial charge < -0.3 is 5.11 Å². The van der Waals surface area contributed by atoms with Crippen LogP contribution in [0.15, 0.2) is 0 Å². The number of carbonyl (C=O) groups is 1. The number of rotatable bonds is 19. The van der Waals surface area contributed by atoms with E-state index >= 15 is 0 Å². The molecule has 0 amide bonds. The Morgan fingerprint density at radius 2 is 1.08 bits per heavy atom. The number of unbranched alkanes of at least 4 members (excludes halogenated alkanes) is 13. The number of thiol groups is 1. The minimum absolute atomic E-state index is 0.144. The van der Waals surface area contributed by atoms with Gasteiger partial charge in [-0.3, -0.25) is 4.79 Å². The van der Waals surface area contributed by atoms with Crippen molar-refractivity contribution in [3.63, 3.8) is 0 Å². The minimum Gasteiger partial charge on any atom is -0.481 e. The summed E-state index contributed by atoms with van der Waals surface area (Å²) in [4.78, 5) is 11.1. The van der Waals surface area contributed by atoms with E-state index in [1.807, 2.05) is 0 Å². The first kappa shape index (κ1) is 23.8. The molecule has 0 bridgehead atoms. The van der Waals surface area contributed by atoms with Crippen LogP contribution in [0, 0.1) is 5.92 Å². The van der Waals surface area contributed by atoms with Gasteiger partial charge in [-0.15, -0.1) is 0 Å². The van der Waals surface area contributed by atoms with Crippen LogP contribution in [0.1, 0.15) is 116 Å². The first-order valence-corrected chi connectivity index (χ1v) is 11.2. The summed E-state index contributed by atoms with van der Waals surface area (Å²) in [5.41, 5.74) is 0. The molecular weight excluding hydrogens is 316 g/mol. The van der Waals surface area contributed by atoms with Crippen molar-refractivity contribution in [2.45, 2.75) is 116 Å². The van der Waals surface area contributed by atoms with Crippen LogP contribution in [0.2, 0.25) is 0 Å². The van der Waals surface area contributed by atoms with E-state index in [-0.39, 0.29) is 5.92 Å². The number of hydrogen-bond donors (Lipinski definition) is 2. The first-order chi connectivity index (χ1) is 11.7. The van der Waals surface area contributed by atoms with Crippen molar-refractivity contribution in [1.29, 1.82) is 0 Å². The molecular formula is C21H42O2S. The van der Waals surface area contributed by atoms with E-state index in [0.29, 0.717) is 0 Å². The van der Waals surface area contributed by atoms with Gasteiger partial charge in [0.2, 0.25) is 0 Å². The van der Waals surface area contributed by atoms with Crippen molar-refractivity contribution >= 4 is 18.6 Å². The Kier molecular flexibility index (Phi) is 19.0. The number of carboxylic acid groups (broad SMARTS) is 1. The van der Waals surface area contributed by atoms with Crippen LogP contribution in [0.5, 0.6) is 0 Å². The van der Waals surface area contributed by atoms with Crippen molar-refractivity contribution in [2.75, 3.05) is 5.75 Å². The van der Waals surface area contributed by atoms with Crippen LogP contribution >= 0.6 is 12.6 Å². The standard InChI is InChI=1S/C21H42O2S/c1-2-3-4-5-6-7-8-9-10-11-12-13-14-15-17-20(21(22)23)18-16-19-24/h20,24H,2-19H2,1H3,(H,22,23). The quantitative estimate of drug-likeness (QED) is 0.188. The summed E-state index contributed by atoms with van der Waals surface area (Å²) in [5.74, 6) is 0.0312. The maximum absolute atomic E-state index is 11.1. The molecule has 0 aliphatic carbocycles. The predicted molar refractivity (Wildman–Crippen MR) is 109 cm³/mol. The minimum atomic E-state index is -0.619. The third-order valence-electron chi connectivity index (χ3n) is 4.97. The van der Waals surface area contributed by atoms with Crippen molar-refractivity contribution in [3.8, 4) is 0 Å². The first-order valence-electron chi connectivity index (χ1n) is 10.6. The summed E-state index contributed by atoms with van der Waals surface area (Å²) in [6.07, 6.45) is 21.4. The van der Waals surface area contributed by atoms with E-state index in [1.165, 1.54) is 83.5 Å². The van der Waals surface area contributed by atoms with E-state index in [0.717, 1.165) is 31.4 Å². The van der Waals surface area contributed by atoms with Crippen LogP contribution in [0.3, 0.4) is 0 Å². The molecule has 0 aliphatic rings. The normalized spacial score (nSPS) is 12.4. The number of carboxylic acids is 1. The van der Waals surface area contributed by atoms with E-state index < -0.39 is 5.97 Å². The number of aliphatic carboxylic acids is 1. The summed E-state index contributed by atoms with van der Waals surface area (Å²) >= 11 is 4.17. The summed E-state index contributed by atoms with van der Waals surface area (Å²) in [7, 11) is 0. The van der Waals surface area contributed by atoms with Gasteiger partial charge in [-0.2, -0.15) is 12.6 Å². The second-order valence-corrected chi connectivity index (χ2v) is 7.73. The molecule has 0 rings (SSSR count). The largest absolute Gasteiger partial charge is 0.481 e. The van der Waals surface area contributed by atoms with E-state index in [2.05, 4.69) is 19.6 Å². The van der Waals surface area contributed by atoms with Gasteiger partial charge in [0, 0.05) is 0 Å². The fraction of sp³-hybridized carbons (Fsp3) is 0.952. The lowest BCUT2D eigenvalue weighted by Crippen LogP contribution is -2.13. The molecule has 0 saturated carbocycles. The molecule has 0 aromatic rings. The highest BCUT2D eigenvalue weighted by Gasteiger charge is 2.15. The summed E-state index contributed by atoms with van der Waals surface area (Å²) in [6, 6.07) is 0. The van der Waals surface area contributed by atoms with Crippen LogP contribution < -0.4 is 0 Å². The molecule has 24 heavy (non-hydrogen) atoms. The highest BCUT2D eigenvalue weighted by atomic mass is 32.1. The van der Waals surface area contributed by atoms with E-state index in [9.17, 15) is 9.90 Å². The fourth-order valence-corrected chi connectivity index (χ4v) is 3.50. The highest BCUT2D eigenvalue weighted by Crippen LogP contribution is 2.18. The molecule has 1 unspecified atom stereocenters. The van der Waals surface area contributed by atoms with Gasteiger partial charge in [0.25, 0.3) is 0 Å². The Morgan fingerprint density at radius 3 is 1.46 bits per heavy atom. The third kappa shape index (κ3) is 16.7.